The minimum absolute atomic E-state index is 0.170. The molecule has 1 saturated heterocycles. The first-order valence-electron chi connectivity index (χ1n) is 4.83. The summed E-state index contributed by atoms with van der Waals surface area (Å²) in [6.07, 6.45) is 0.583. The summed E-state index contributed by atoms with van der Waals surface area (Å²) in [6, 6.07) is 3.08. The van der Waals surface area contributed by atoms with Crippen molar-refractivity contribution in [1.29, 1.82) is 0 Å². The van der Waals surface area contributed by atoms with Crippen LogP contribution in [0.25, 0.3) is 0 Å². The SMILES string of the molecule is O=c1ccc([C@H]2C[C@H](O)[C@@H](CO)O2)c[nH]1. The van der Waals surface area contributed by atoms with Gasteiger partial charge in [0.1, 0.15) is 6.10 Å². The molecule has 2 rings (SSSR count). The van der Waals surface area contributed by atoms with Gasteiger partial charge >= 0.3 is 0 Å². The van der Waals surface area contributed by atoms with Crippen molar-refractivity contribution in [1.82, 2.24) is 4.98 Å². The Bertz CT molecular complexity index is 369. The van der Waals surface area contributed by atoms with Crippen molar-refractivity contribution in [3.63, 3.8) is 0 Å². The number of aromatic nitrogens is 1. The van der Waals surface area contributed by atoms with Crippen LogP contribution in [0.4, 0.5) is 0 Å². The Kier molecular flexibility index (Phi) is 2.86. The molecule has 0 unspecified atom stereocenters. The predicted octanol–water partition coefficient (Wildman–Crippen LogP) is -0.442. The molecule has 5 heteroatoms. The molecule has 0 radical (unpaired) electrons. The summed E-state index contributed by atoms with van der Waals surface area (Å²) in [7, 11) is 0. The first-order chi connectivity index (χ1) is 7.20. The van der Waals surface area contributed by atoms with E-state index < -0.39 is 12.2 Å². The summed E-state index contributed by atoms with van der Waals surface area (Å²) >= 11 is 0. The van der Waals surface area contributed by atoms with Gasteiger partial charge in [0.15, 0.2) is 0 Å². The van der Waals surface area contributed by atoms with Crippen molar-refractivity contribution >= 4 is 0 Å². The minimum Gasteiger partial charge on any atom is -0.394 e. The van der Waals surface area contributed by atoms with E-state index in [1.807, 2.05) is 0 Å². The van der Waals surface area contributed by atoms with Gasteiger partial charge in [0.2, 0.25) is 5.56 Å². The zero-order chi connectivity index (χ0) is 10.8. The predicted molar refractivity (Wildman–Crippen MR) is 52.4 cm³/mol. The van der Waals surface area contributed by atoms with E-state index in [9.17, 15) is 9.90 Å². The molecule has 0 spiro atoms. The van der Waals surface area contributed by atoms with Crippen molar-refractivity contribution in [2.75, 3.05) is 6.61 Å². The molecule has 0 saturated carbocycles. The maximum Gasteiger partial charge on any atom is 0.247 e. The molecule has 1 fully saturated rings. The number of aliphatic hydroxyl groups excluding tert-OH is 2. The highest BCUT2D eigenvalue weighted by atomic mass is 16.5. The number of rotatable bonds is 2. The van der Waals surface area contributed by atoms with Gasteiger partial charge in [-0.1, -0.05) is 0 Å². The Hall–Kier alpha value is -1.17. The first kappa shape index (κ1) is 10.4. The third-order valence-electron chi connectivity index (χ3n) is 2.58. The Morgan fingerprint density at radius 1 is 1.53 bits per heavy atom. The quantitative estimate of drug-likeness (QED) is 0.619. The number of nitrogens with one attached hydrogen (secondary N) is 1. The molecule has 3 N–H and O–H groups in total. The molecule has 5 nitrogen and oxygen atoms in total. The fourth-order valence-corrected chi connectivity index (χ4v) is 1.73. The van der Waals surface area contributed by atoms with Crippen LogP contribution in [0.15, 0.2) is 23.1 Å². The van der Waals surface area contributed by atoms with Crippen LogP contribution >= 0.6 is 0 Å². The fraction of sp³-hybridized carbons (Fsp3) is 0.500. The molecule has 3 atom stereocenters. The lowest BCUT2D eigenvalue weighted by Gasteiger charge is -2.11. The number of hydrogen-bond acceptors (Lipinski definition) is 4. The van der Waals surface area contributed by atoms with Crippen LogP contribution in [0.2, 0.25) is 0 Å². The molecule has 0 bridgehead atoms. The van der Waals surface area contributed by atoms with Gasteiger partial charge in [0, 0.05) is 18.7 Å². The van der Waals surface area contributed by atoms with Gasteiger partial charge in [0.05, 0.1) is 18.8 Å². The van der Waals surface area contributed by atoms with Crippen molar-refractivity contribution in [2.45, 2.75) is 24.7 Å². The van der Waals surface area contributed by atoms with Crippen molar-refractivity contribution in [3.05, 3.63) is 34.2 Å². The van der Waals surface area contributed by atoms with Crippen LogP contribution < -0.4 is 5.56 Å². The maximum atomic E-state index is 10.8. The maximum absolute atomic E-state index is 10.8. The van der Waals surface area contributed by atoms with Crippen LogP contribution in [0.3, 0.4) is 0 Å². The average Bonchev–Trinajstić information content (AvgIpc) is 2.61. The average molecular weight is 211 g/mol. The van der Waals surface area contributed by atoms with Gasteiger partial charge in [-0.25, -0.2) is 0 Å². The van der Waals surface area contributed by atoms with Gasteiger partial charge in [-0.05, 0) is 11.6 Å². The topological polar surface area (TPSA) is 82.6 Å². The van der Waals surface area contributed by atoms with Crippen LogP contribution in [0.1, 0.15) is 18.1 Å². The molecule has 1 aromatic rings. The lowest BCUT2D eigenvalue weighted by molar-refractivity contribution is -0.0226. The number of pyridine rings is 1. The van der Waals surface area contributed by atoms with E-state index >= 15 is 0 Å². The molecular weight excluding hydrogens is 198 g/mol. The van der Waals surface area contributed by atoms with Crippen LogP contribution in [0, 0.1) is 0 Å². The van der Waals surface area contributed by atoms with E-state index in [1.54, 1.807) is 12.3 Å². The zero-order valence-electron chi connectivity index (χ0n) is 8.09. The number of aromatic amines is 1. The van der Waals surface area contributed by atoms with Gasteiger partial charge in [-0.2, -0.15) is 0 Å². The third-order valence-corrected chi connectivity index (χ3v) is 2.58. The lowest BCUT2D eigenvalue weighted by atomic mass is 10.1. The van der Waals surface area contributed by atoms with E-state index in [0.717, 1.165) is 5.56 Å². The minimum atomic E-state index is -0.646. The molecule has 0 aromatic carbocycles. The van der Waals surface area contributed by atoms with E-state index in [0.29, 0.717) is 6.42 Å². The number of ether oxygens (including phenoxy) is 1. The molecule has 0 amide bonds. The molecular formula is C10H13NO4. The number of H-pyrrole nitrogens is 1. The molecule has 0 aliphatic carbocycles. The second kappa shape index (κ2) is 4.14. The summed E-state index contributed by atoms with van der Waals surface area (Å²) in [6.45, 7) is -0.193. The Balaban J connectivity index is 2.13. The normalized spacial score (nSPS) is 30.7. The monoisotopic (exact) mass is 211 g/mol. The zero-order valence-corrected chi connectivity index (χ0v) is 8.09. The van der Waals surface area contributed by atoms with Gasteiger partial charge in [-0.3, -0.25) is 4.79 Å². The first-order valence-corrected chi connectivity index (χ1v) is 4.83. The standard InChI is InChI=1S/C10H13NO4/c12-5-9-7(13)3-8(15-9)6-1-2-10(14)11-4-6/h1-2,4,7-9,12-13H,3,5H2,(H,11,14)/t7-,8+,9+/m0/s1. The third kappa shape index (κ3) is 2.09. The van der Waals surface area contributed by atoms with Crippen molar-refractivity contribution in [2.24, 2.45) is 0 Å². The van der Waals surface area contributed by atoms with Crippen LogP contribution in [-0.2, 0) is 4.74 Å². The van der Waals surface area contributed by atoms with Crippen molar-refractivity contribution < 1.29 is 14.9 Å². The number of hydrogen-bond donors (Lipinski definition) is 3. The fourth-order valence-electron chi connectivity index (χ4n) is 1.73. The Morgan fingerprint density at radius 2 is 2.33 bits per heavy atom. The lowest BCUT2D eigenvalue weighted by Crippen LogP contribution is -2.24. The molecule has 1 aliphatic rings. The smallest absolute Gasteiger partial charge is 0.247 e. The molecule has 82 valence electrons. The van der Waals surface area contributed by atoms with E-state index in [-0.39, 0.29) is 18.3 Å². The second-order valence-corrected chi connectivity index (χ2v) is 3.64. The molecule has 1 aromatic heterocycles. The van der Waals surface area contributed by atoms with E-state index in [2.05, 4.69) is 4.98 Å². The largest absolute Gasteiger partial charge is 0.394 e. The highest BCUT2D eigenvalue weighted by molar-refractivity contribution is 5.14. The van der Waals surface area contributed by atoms with Gasteiger partial charge < -0.3 is 19.9 Å². The second-order valence-electron chi connectivity index (χ2n) is 3.64. The summed E-state index contributed by atoms with van der Waals surface area (Å²) in [4.78, 5) is 13.4. The molecule has 15 heavy (non-hydrogen) atoms. The van der Waals surface area contributed by atoms with Gasteiger partial charge in [0.25, 0.3) is 0 Å². The van der Waals surface area contributed by atoms with Gasteiger partial charge in [-0.15, -0.1) is 0 Å². The number of aliphatic hydroxyl groups is 2. The van der Waals surface area contributed by atoms with Crippen LogP contribution in [-0.4, -0.2) is 34.0 Å². The summed E-state index contributed by atoms with van der Waals surface area (Å²) in [5.74, 6) is 0. The molecule has 1 aliphatic heterocycles. The highest BCUT2D eigenvalue weighted by Crippen LogP contribution is 2.31. The van der Waals surface area contributed by atoms with Crippen LogP contribution in [0.5, 0.6) is 0 Å². The summed E-state index contributed by atoms with van der Waals surface area (Å²) in [5, 5.41) is 18.4. The summed E-state index contributed by atoms with van der Waals surface area (Å²) in [5.41, 5.74) is 0.639. The highest BCUT2D eigenvalue weighted by Gasteiger charge is 2.34. The van der Waals surface area contributed by atoms with E-state index in [4.69, 9.17) is 9.84 Å². The Labute approximate surface area is 86.3 Å². The summed E-state index contributed by atoms with van der Waals surface area (Å²) < 4.78 is 5.43. The van der Waals surface area contributed by atoms with E-state index in [1.165, 1.54) is 6.07 Å². The Morgan fingerprint density at radius 3 is 2.87 bits per heavy atom. The molecule has 2 heterocycles. The van der Waals surface area contributed by atoms with Crippen molar-refractivity contribution in [3.8, 4) is 0 Å².